The molecule has 0 bridgehead atoms. The summed E-state index contributed by atoms with van der Waals surface area (Å²) in [5.74, 6) is 1.19. The SMILES string of the molecule is N#Cc1cccc(-c2n[nH]c(CN)n2)c1. The molecule has 0 spiro atoms. The van der Waals surface area contributed by atoms with Crippen LogP contribution in [0.1, 0.15) is 11.4 Å². The molecule has 5 nitrogen and oxygen atoms in total. The number of nitrogens with zero attached hydrogens (tertiary/aromatic N) is 3. The molecule has 0 atom stereocenters. The summed E-state index contributed by atoms with van der Waals surface area (Å²) in [4.78, 5) is 4.17. The Labute approximate surface area is 86.6 Å². The molecule has 0 aliphatic heterocycles. The van der Waals surface area contributed by atoms with Gasteiger partial charge >= 0.3 is 0 Å². The molecule has 0 amide bonds. The molecule has 0 unspecified atom stereocenters. The van der Waals surface area contributed by atoms with E-state index in [4.69, 9.17) is 11.0 Å². The van der Waals surface area contributed by atoms with Crippen molar-refractivity contribution in [3.05, 3.63) is 35.7 Å². The first-order valence-electron chi connectivity index (χ1n) is 4.45. The molecule has 2 aromatic rings. The Bertz CT molecular complexity index is 509. The van der Waals surface area contributed by atoms with Crippen LogP contribution in [0.5, 0.6) is 0 Å². The van der Waals surface area contributed by atoms with Crippen LogP contribution in [-0.2, 0) is 6.54 Å². The highest BCUT2D eigenvalue weighted by atomic mass is 15.2. The van der Waals surface area contributed by atoms with Gasteiger partial charge in [-0.2, -0.15) is 10.4 Å². The average Bonchev–Trinajstić information content (AvgIpc) is 2.78. The molecule has 0 saturated carbocycles. The fraction of sp³-hybridized carbons (Fsp3) is 0.100. The molecular formula is C10H9N5. The lowest BCUT2D eigenvalue weighted by Gasteiger charge is -1.94. The normalized spacial score (nSPS) is 9.87. The second kappa shape index (κ2) is 3.90. The molecular weight excluding hydrogens is 190 g/mol. The van der Waals surface area contributed by atoms with Crippen molar-refractivity contribution in [2.45, 2.75) is 6.54 Å². The monoisotopic (exact) mass is 199 g/mol. The van der Waals surface area contributed by atoms with Gasteiger partial charge in [0.15, 0.2) is 5.82 Å². The summed E-state index contributed by atoms with van der Waals surface area (Å²) in [6.45, 7) is 0.324. The van der Waals surface area contributed by atoms with Gasteiger partial charge in [-0.25, -0.2) is 4.98 Å². The Balaban J connectivity index is 2.41. The first-order valence-corrected chi connectivity index (χ1v) is 4.45. The van der Waals surface area contributed by atoms with Gasteiger partial charge in [-0.15, -0.1) is 0 Å². The third kappa shape index (κ3) is 1.85. The molecule has 1 heterocycles. The highest BCUT2D eigenvalue weighted by Crippen LogP contribution is 2.15. The van der Waals surface area contributed by atoms with E-state index in [0.29, 0.717) is 23.8 Å². The predicted octanol–water partition coefficient (Wildman–Crippen LogP) is 0.802. The van der Waals surface area contributed by atoms with Crippen LogP contribution in [0, 0.1) is 11.3 Å². The van der Waals surface area contributed by atoms with Crippen LogP contribution in [0.3, 0.4) is 0 Å². The van der Waals surface area contributed by atoms with Crippen LogP contribution in [0.25, 0.3) is 11.4 Å². The maximum Gasteiger partial charge on any atom is 0.181 e. The molecule has 3 N–H and O–H groups in total. The lowest BCUT2D eigenvalue weighted by Crippen LogP contribution is -1.97. The summed E-state index contributed by atoms with van der Waals surface area (Å²) in [7, 11) is 0. The van der Waals surface area contributed by atoms with E-state index in [1.54, 1.807) is 18.2 Å². The van der Waals surface area contributed by atoms with Gasteiger partial charge in [0.05, 0.1) is 18.2 Å². The van der Waals surface area contributed by atoms with Gasteiger partial charge < -0.3 is 5.73 Å². The predicted molar refractivity (Wildman–Crippen MR) is 54.4 cm³/mol. The number of hydrogen-bond donors (Lipinski definition) is 2. The molecule has 0 aliphatic rings. The number of H-pyrrole nitrogens is 1. The summed E-state index contributed by atoms with van der Waals surface area (Å²) in [5, 5.41) is 15.5. The molecule has 5 heteroatoms. The minimum Gasteiger partial charge on any atom is -0.324 e. The summed E-state index contributed by atoms with van der Waals surface area (Å²) in [5.41, 5.74) is 6.81. The Kier molecular flexibility index (Phi) is 2.44. The van der Waals surface area contributed by atoms with E-state index in [9.17, 15) is 0 Å². The van der Waals surface area contributed by atoms with Crippen molar-refractivity contribution in [3.8, 4) is 17.5 Å². The average molecular weight is 199 g/mol. The molecule has 1 aromatic carbocycles. The van der Waals surface area contributed by atoms with Gasteiger partial charge in [-0.3, -0.25) is 5.10 Å². The van der Waals surface area contributed by atoms with Crippen LogP contribution in [0.2, 0.25) is 0 Å². The second-order valence-corrected chi connectivity index (χ2v) is 3.00. The van der Waals surface area contributed by atoms with Crippen molar-refractivity contribution < 1.29 is 0 Å². The van der Waals surface area contributed by atoms with Crippen LogP contribution in [0.15, 0.2) is 24.3 Å². The first-order chi connectivity index (χ1) is 7.33. The Morgan fingerprint density at radius 3 is 3.00 bits per heavy atom. The first kappa shape index (κ1) is 9.37. The van der Waals surface area contributed by atoms with Crippen LogP contribution < -0.4 is 5.73 Å². The van der Waals surface area contributed by atoms with Gasteiger partial charge in [-0.05, 0) is 12.1 Å². The molecule has 74 valence electrons. The van der Waals surface area contributed by atoms with Crippen molar-refractivity contribution in [2.75, 3.05) is 0 Å². The molecule has 1 aromatic heterocycles. The number of aromatic nitrogens is 3. The lowest BCUT2D eigenvalue weighted by molar-refractivity contribution is 0.917. The highest BCUT2D eigenvalue weighted by molar-refractivity contribution is 5.57. The van der Waals surface area contributed by atoms with E-state index in [2.05, 4.69) is 21.3 Å². The molecule has 0 saturated heterocycles. The fourth-order valence-corrected chi connectivity index (χ4v) is 1.24. The maximum absolute atomic E-state index is 8.74. The third-order valence-electron chi connectivity index (χ3n) is 1.97. The molecule has 0 radical (unpaired) electrons. The molecule has 15 heavy (non-hydrogen) atoms. The van der Waals surface area contributed by atoms with E-state index in [0.717, 1.165) is 5.56 Å². The minimum atomic E-state index is 0.324. The molecule has 0 aliphatic carbocycles. The zero-order valence-corrected chi connectivity index (χ0v) is 7.94. The number of nitrogens with one attached hydrogen (secondary N) is 1. The fourth-order valence-electron chi connectivity index (χ4n) is 1.24. The number of aromatic amines is 1. The Morgan fingerprint density at radius 1 is 1.47 bits per heavy atom. The van der Waals surface area contributed by atoms with Crippen molar-refractivity contribution in [3.63, 3.8) is 0 Å². The van der Waals surface area contributed by atoms with E-state index < -0.39 is 0 Å². The summed E-state index contributed by atoms with van der Waals surface area (Å²) < 4.78 is 0. The van der Waals surface area contributed by atoms with E-state index in [1.807, 2.05) is 6.07 Å². The van der Waals surface area contributed by atoms with Crippen molar-refractivity contribution in [1.82, 2.24) is 15.2 Å². The van der Waals surface area contributed by atoms with E-state index in [1.165, 1.54) is 0 Å². The topological polar surface area (TPSA) is 91.4 Å². The Hall–Kier alpha value is -2.19. The van der Waals surface area contributed by atoms with E-state index in [-0.39, 0.29) is 0 Å². The van der Waals surface area contributed by atoms with E-state index >= 15 is 0 Å². The van der Waals surface area contributed by atoms with Gasteiger partial charge in [0.1, 0.15) is 5.82 Å². The van der Waals surface area contributed by atoms with Crippen LogP contribution in [0.4, 0.5) is 0 Å². The Morgan fingerprint density at radius 2 is 2.33 bits per heavy atom. The molecule has 0 fully saturated rings. The van der Waals surface area contributed by atoms with Gasteiger partial charge in [0.2, 0.25) is 0 Å². The zero-order chi connectivity index (χ0) is 10.7. The van der Waals surface area contributed by atoms with Crippen molar-refractivity contribution in [1.29, 1.82) is 5.26 Å². The van der Waals surface area contributed by atoms with Gasteiger partial charge in [0.25, 0.3) is 0 Å². The van der Waals surface area contributed by atoms with Crippen molar-refractivity contribution in [2.24, 2.45) is 5.73 Å². The maximum atomic E-state index is 8.74. The molecule has 2 rings (SSSR count). The zero-order valence-electron chi connectivity index (χ0n) is 7.94. The van der Waals surface area contributed by atoms with Crippen molar-refractivity contribution >= 4 is 0 Å². The number of hydrogen-bond acceptors (Lipinski definition) is 4. The summed E-state index contributed by atoms with van der Waals surface area (Å²) >= 11 is 0. The number of benzene rings is 1. The standard InChI is InChI=1S/C10H9N5/c11-5-7-2-1-3-8(4-7)10-13-9(6-12)14-15-10/h1-4H,6,12H2,(H,13,14,15). The second-order valence-electron chi connectivity index (χ2n) is 3.00. The number of rotatable bonds is 2. The lowest BCUT2D eigenvalue weighted by atomic mass is 10.1. The summed E-state index contributed by atoms with van der Waals surface area (Å²) in [6.07, 6.45) is 0. The third-order valence-corrected chi connectivity index (χ3v) is 1.97. The number of nitrogens with two attached hydrogens (primary N) is 1. The highest BCUT2D eigenvalue weighted by Gasteiger charge is 2.04. The van der Waals surface area contributed by atoms with Crippen LogP contribution >= 0.6 is 0 Å². The van der Waals surface area contributed by atoms with Gasteiger partial charge in [0, 0.05) is 5.56 Å². The largest absolute Gasteiger partial charge is 0.324 e. The van der Waals surface area contributed by atoms with Crippen LogP contribution in [-0.4, -0.2) is 15.2 Å². The quantitative estimate of drug-likeness (QED) is 0.748. The summed E-state index contributed by atoms with van der Waals surface area (Å²) in [6, 6.07) is 9.19. The van der Waals surface area contributed by atoms with Gasteiger partial charge in [-0.1, -0.05) is 12.1 Å². The number of nitriles is 1. The minimum absolute atomic E-state index is 0.324. The smallest absolute Gasteiger partial charge is 0.181 e.